The number of pyridine rings is 1. The maximum Gasteiger partial charge on any atom is 0.0649 e. The lowest BCUT2D eigenvalue weighted by Gasteiger charge is -2.37. The van der Waals surface area contributed by atoms with Gasteiger partial charge in [0.15, 0.2) is 0 Å². The Labute approximate surface area is 113 Å². The molecule has 0 bridgehead atoms. The first-order valence-corrected chi connectivity index (χ1v) is 6.52. The number of benzene rings is 1. The molecule has 1 aromatic carbocycles. The number of hydrogen-bond donors (Lipinski definition) is 1. The molecular weight excluding hydrogens is 236 g/mol. The zero-order chi connectivity index (χ0) is 13.2. The number of anilines is 3. The molecule has 0 atom stereocenters. The molecule has 0 unspecified atom stereocenters. The molecule has 4 nitrogen and oxygen atoms in total. The standard InChI is InChI=1S/C15H18N4/c1-18-8-9-19(15-5-3-2-4-14(15)18)13-6-7-17-11-12(13)10-16/h2-7,11H,8-10,16H2,1H3. The molecule has 2 heterocycles. The van der Waals surface area contributed by atoms with Gasteiger partial charge in [-0.1, -0.05) is 12.1 Å². The number of rotatable bonds is 2. The van der Waals surface area contributed by atoms with E-state index in [2.05, 4.69) is 46.1 Å². The Bertz CT molecular complexity index is 582. The summed E-state index contributed by atoms with van der Waals surface area (Å²) in [6, 6.07) is 10.5. The highest BCUT2D eigenvalue weighted by atomic mass is 15.3. The van der Waals surface area contributed by atoms with Crippen LogP contribution in [0.2, 0.25) is 0 Å². The third kappa shape index (κ3) is 2.04. The third-order valence-electron chi connectivity index (χ3n) is 3.63. The highest BCUT2D eigenvalue weighted by molar-refractivity contribution is 5.80. The van der Waals surface area contributed by atoms with Crippen molar-refractivity contribution in [3.8, 4) is 0 Å². The zero-order valence-corrected chi connectivity index (χ0v) is 11.1. The van der Waals surface area contributed by atoms with Crippen LogP contribution in [0.25, 0.3) is 0 Å². The van der Waals surface area contributed by atoms with Gasteiger partial charge in [0.05, 0.1) is 11.4 Å². The molecule has 1 aliphatic rings. The molecule has 19 heavy (non-hydrogen) atoms. The van der Waals surface area contributed by atoms with E-state index in [0.717, 1.165) is 24.3 Å². The first-order valence-electron chi connectivity index (χ1n) is 6.52. The molecule has 2 N–H and O–H groups in total. The van der Waals surface area contributed by atoms with Crippen LogP contribution >= 0.6 is 0 Å². The highest BCUT2D eigenvalue weighted by Crippen LogP contribution is 2.37. The van der Waals surface area contributed by atoms with Gasteiger partial charge in [0.2, 0.25) is 0 Å². The molecule has 0 radical (unpaired) electrons. The van der Waals surface area contributed by atoms with E-state index in [1.807, 2.05) is 18.5 Å². The van der Waals surface area contributed by atoms with Gasteiger partial charge in [-0.25, -0.2) is 0 Å². The quantitative estimate of drug-likeness (QED) is 0.891. The Balaban J connectivity index is 2.10. The van der Waals surface area contributed by atoms with E-state index in [1.165, 1.54) is 11.4 Å². The van der Waals surface area contributed by atoms with Gasteiger partial charge < -0.3 is 15.5 Å². The Kier molecular flexibility index (Phi) is 3.09. The predicted octanol–water partition coefficient (Wildman–Crippen LogP) is 2.13. The van der Waals surface area contributed by atoms with Gasteiger partial charge in [-0.05, 0) is 18.2 Å². The summed E-state index contributed by atoms with van der Waals surface area (Å²) < 4.78 is 0. The van der Waals surface area contributed by atoms with Crippen molar-refractivity contribution in [3.63, 3.8) is 0 Å². The van der Waals surface area contributed by atoms with Crippen LogP contribution < -0.4 is 15.5 Å². The molecule has 3 rings (SSSR count). The summed E-state index contributed by atoms with van der Waals surface area (Å²) in [6.45, 7) is 2.48. The van der Waals surface area contributed by atoms with Gasteiger partial charge in [0, 0.05) is 50.3 Å². The number of para-hydroxylation sites is 2. The minimum atomic E-state index is 0.512. The van der Waals surface area contributed by atoms with Crippen LogP contribution in [-0.4, -0.2) is 25.1 Å². The van der Waals surface area contributed by atoms with Crippen LogP contribution in [0, 0.1) is 0 Å². The number of hydrogen-bond acceptors (Lipinski definition) is 4. The SMILES string of the molecule is CN1CCN(c2ccncc2CN)c2ccccc21. The molecule has 0 spiro atoms. The van der Waals surface area contributed by atoms with Gasteiger partial charge in [-0.15, -0.1) is 0 Å². The van der Waals surface area contributed by atoms with E-state index >= 15 is 0 Å². The number of nitrogens with two attached hydrogens (primary N) is 1. The van der Waals surface area contributed by atoms with E-state index in [4.69, 9.17) is 5.73 Å². The van der Waals surface area contributed by atoms with E-state index in [-0.39, 0.29) is 0 Å². The van der Waals surface area contributed by atoms with Crippen molar-refractivity contribution >= 4 is 17.1 Å². The summed E-state index contributed by atoms with van der Waals surface area (Å²) in [5, 5.41) is 0. The Morgan fingerprint density at radius 1 is 1.11 bits per heavy atom. The third-order valence-corrected chi connectivity index (χ3v) is 3.63. The fourth-order valence-electron chi connectivity index (χ4n) is 2.60. The molecule has 0 saturated heterocycles. The lowest BCUT2D eigenvalue weighted by molar-refractivity contribution is 0.816. The highest BCUT2D eigenvalue weighted by Gasteiger charge is 2.22. The van der Waals surface area contributed by atoms with Gasteiger partial charge in [-0.3, -0.25) is 4.98 Å². The van der Waals surface area contributed by atoms with Gasteiger partial charge in [0.25, 0.3) is 0 Å². The second-order valence-electron chi connectivity index (χ2n) is 4.77. The van der Waals surface area contributed by atoms with Gasteiger partial charge in [0.1, 0.15) is 0 Å². The summed E-state index contributed by atoms with van der Waals surface area (Å²) in [6.07, 6.45) is 3.69. The summed E-state index contributed by atoms with van der Waals surface area (Å²) >= 11 is 0. The van der Waals surface area contributed by atoms with E-state index < -0.39 is 0 Å². The number of fused-ring (bicyclic) bond motifs is 1. The minimum absolute atomic E-state index is 0.512. The topological polar surface area (TPSA) is 45.4 Å². The van der Waals surface area contributed by atoms with Crippen molar-refractivity contribution in [2.75, 3.05) is 29.9 Å². The number of aromatic nitrogens is 1. The normalized spacial score (nSPS) is 14.4. The summed E-state index contributed by atoms with van der Waals surface area (Å²) in [7, 11) is 2.13. The Morgan fingerprint density at radius 2 is 1.89 bits per heavy atom. The summed E-state index contributed by atoms with van der Waals surface area (Å²) in [5.74, 6) is 0. The first kappa shape index (κ1) is 12.0. The lowest BCUT2D eigenvalue weighted by atomic mass is 10.1. The lowest BCUT2D eigenvalue weighted by Crippen LogP contribution is -2.36. The molecule has 0 saturated carbocycles. The van der Waals surface area contributed by atoms with Gasteiger partial charge >= 0.3 is 0 Å². The number of likely N-dealkylation sites (N-methyl/N-ethyl adjacent to an activating group) is 1. The van der Waals surface area contributed by atoms with Crippen LogP contribution in [0.3, 0.4) is 0 Å². The molecule has 1 aromatic heterocycles. The molecule has 1 aliphatic heterocycles. The molecule has 2 aromatic rings. The van der Waals surface area contributed by atoms with Crippen molar-refractivity contribution in [1.29, 1.82) is 0 Å². The largest absolute Gasteiger partial charge is 0.371 e. The van der Waals surface area contributed by atoms with Crippen molar-refractivity contribution < 1.29 is 0 Å². The molecule has 0 fully saturated rings. The van der Waals surface area contributed by atoms with Crippen molar-refractivity contribution in [1.82, 2.24) is 4.98 Å². The maximum atomic E-state index is 5.83. The van der Waals surface area contributed by atoms with E-state index in [9.17, 15) is 0 Å². The second-order valence-corrected chi connectivity index (χ2v) is 4.77. The van der Waals surface area contributed by atoms with Crippen LogP contribution in [-0.2, 0) is 6.54 Å². The second kappa shape index (κ2) is 4.90. The maximum absolute atomic E-state index is 5.83. The summed E-state index contributed by atoms with van der Waals surface area (Å²) in [5.41, 5.74) is 10.6. The monoisotopic (exact) mass is 254 g/mol. The minimum Gasteiger partial charge on any atom is -0.371 e. The molecule has 4 heteroatoms. The van der Waals surface area contributed by atoms with Crippen molar-refractivity contribution in [2.24, 2.45) is 5.73 Å². The van der Waals surface area contributed by atoms with Crippen LogP contribution in [0.15, 0.2) is 42.7 Å². The Morgan fingerprint density at radius 3 is 2.68 bits per heavy atom. The van der Waals surface area contributed by atoms with Crippen LogP contribution in [0.5, 0.6) is 0 Å². The first-order chi connectivity index (χ1) is 9.31. The Hall–Kier alpha value is -2.07. The van der Waals surface area contributed by atoms with Crippen LogP contribution in [0.1, 0.15) is 5.56 Å². The summed E-state index contributed by atoms with van der Waals surface area (Å²) in [4.78, 5) is 8.78. The fraction of sp³-hybridized carbons (Fsp3) is 0.267. The van der Waals surface area contributed by atoms with Gasteiger partial charge in [-0.2, -0.15) is 0 Å². The molecule has 98 valence electrons. The predicted molar refractivity (Wildman–Crippen MR) is 78.8 cm³/mol. The average molecular weight is 254 g/mol. The van der Waals surface area contributed by atoms with E-state index in [0.29, 0.717) is 6.54 Å². The smallest absolute Gasteiger partial charge is 0.0649 e. The molecular formula is C15H18N4. The average Bonchev–Trinajstić information content (AvgIpc) is 2.48. The molecule has 0 amide bonds. The van der Waals surface area contributed by atoms with Crippen LogP contribution in [0.4, 0.5) is 17.1 Å². The molecule has 0 aliphatic carbocycles. The van der Waals surface area contributed by atoms with Crippen molar-refractivity contribution in [2.45, 2.75) is 6.54 Å². The fourth-order valence-corrected chi connectivity index (χ4v) is 2.60. The van der Waals surface area contributed by atoms with Crippen molar-refractivity contribution in [3.05, 3.63) is 48.3 Å². The zero-order valence-electron chi connectivity index (χ0n) is 11.1. The number of nitrogens with zero attached hydrogens (tertiary/aromatic N) is 3. The van der Waals surface area contributed by atoms with E-state index in [1.54, 1.807) is 0 Å².